The highest BCUT2D eigenvalue weighted by atomic mass is 35.5. The molecule has 2 fully saturated rings. The monoisotopic (exact) mass is 374 g/mol. The van der Waals surface area contributed by atoms with Crippen LogP contribution in [0.3, 0.4) is 0 Å². The molecule has 0 bridgehead atoms. The molecule has 0 radical (unpaired) electrons. The molecular weight excluding hydrogens is 356 g/mol. The number of rotatable bonds is 3. The molecule has 0 spiro atoms. The summed E-state index contributed by atoms with van der Waals surface area (Å²) < 4.78 is 0. The Morgan fingerprint density at radius 1 is 1.25 bits per heavy atom. The summed E-state index contributed by atoms with van der Waals surface area (Å²) in [6.45, 7) is 3.36. The Labute approximate surface area is 149 Å². The molecule has 0 saturated carbocycles. The highest BCUT2D eigenvalue weighted by Crippen LogP contribution is 2.28. The quantitative estimate of drug-likeness (QED) is 0.631. The van der Waals surface area contributed by atoms with E-state index in [1.54, 1.807) is 9.80 Å². The number of nitrogens with zero attached hydrogens (tertiary/aromatic N) is 3. The molecular formula is C14H19ClN4O4S. The van der Waals surface area contributed by atoms with Crippen LogP contribution in [0.5, 0.6) is 0 Å². The summed E-state index contributed by atoms with van der Waals surface area (Å²) >= 11 is 0.860. The van der Waals surface area contributed by atoms with Crippen LogP contribution < -0.4 is 5.32 Å². The molecule has 8 nitrogen and oxygen atoms in total. The first-order valence-corrected chi connectivity index (χ1v) is 8.44. The summed E-state index contributed by atoms with van der Waals surface area (Å²) in [5.41, 5.74) is 0. The van der Waals surface area contributed by atoms with Gasteiger partial charge in [0.25, 0.3) is 5.91 Å². The summed E-state index contributed by atoms with van der Waals surface area (Å²) in [6.07, 6.45) is 1.43. The molecule has 10 heteroatoms. The van der Waals surface area contributed by atoms with Crippen LogP contribution in [-0.2, 0) is 4.79 Å². The van der Waals surface area contributed by atoms with E-state index < -0.39 is 11.0 Å². The largest absolute Gasteiger partial charge is 0.338 e. The Balaban J connectivity index is 0.00000208. The molecule has 2 saturated heterocycles. The number of carbonyl (C=O) groups is 2. The summed E-state index contributed by atoms with van der Waals surface area (Å²) in [5, 5.41) is 13.9. The van der Waals surface area contributed by atoms with Gasteiger partial charge in [0.15, 0.2) is 0 Å². The van der Waals surface area contributed by atoms with Gasteiger partial charge < -0.3 is 15.1 Å². The number of likely N-dealkylation sites (tertiary alicyclic amines) is 1. The first kappa shape index (κ1) is 18.6. The van der Waals surface area contributed by atoms with Crippen LogP contribution in [0.1, 0.15) is 22.5 Å². The fourth-order valence-corrected chi connectivity index (χ4v) is 3.82. The standard InChI is InChI=1S/C14H18N4O4S.ClH/c19-13(16-8-5-15-6-9-16)10-2-1-7-17(10)14(20)11-3-4-12(23-11)18(21)22;/h3-4,10,15H,1-2,5-9H2;1H. The van der Waals surface area contributed by atoms with Crippen molar-refractivity contribution >= 4 is 40.6 Å². The third-order valence-corrected chi connectivity index (χ3v) is 5.23. The van der Waals surface area contributed by atoms with E-state index in [4.69, 9.17) is 0 Å². The number of hydrogen-bond donors (Lipinski definition) is 1. The Kier molecular flexibility index (Phi) is 6.14. The smallest absolute Gasteiger partial charge is 0.324 e. The zero-order valence-corrected chi connectivity index (χ0v) is 14.6. The van der Waals surface area contributed by atoms with Gasteiger partial charge in [-0.05, 0) is 18.9 Å². The van der Waals surface area contributed by atoms with Gasteiger partial charge >= 0.3 is 5.00 Å². The van der Waals surface area contributed by atoms with Crippen molar-refractivity contribution < 1.29 is 14.5 Å². The van der Waals surface area contributed by atoms with Crippen molar-refractivity contribution in [1.82, 2.24) is 15.1 Å². The van der Waals surface area contributed by atoms with Gasteiger partial charge in [-0.3, -0.25) is 19.7 Å². The normalized spacial score (nSPS) is 20.6. The van der Waals surface area contributed by atoms with Crippen molar-refractivity contribution in [3.05, 3.63) is 27.1 Å². The number of nitro groups is 1. The van der Waals surface area contributed by atoms with Crippen LogP contribution in [-0.4, -0.2) is 65.3 Å². The van der Waals surface area contributed by atoms with Crippen molar-refractivity contribution in [3.63, 3.8) is 0 Å². The van der Waals surface area contributed by atoms with E-state index in [1.807, 2.05) is 0 Å². The highest BCUT2D eigenvalue weighted by molar-refractivity contribution is 7.17. The number of piperazine rings is 1. The molecule has 24 heavy (non-hydrogen) atoms. The average molecular weight is 375 g/mol. The molecule has 1 atom stereocenters. The summed E-state index contributed by atoms with van der Waals surface area (Å²) in [5.74, 6) is -0.294. The zero-order valence-electron chi connectivity index (χ0n) is 13.0. The highest BCUT2D eigenvalue weighted by Gasteiger charge is 2.37. The van der Waals surface area contributed by atoms with E-state index in [0.717, 1.165) is 30.8 Å². The maximum Gasteiger partial charge on any atom is 0.324 e. The van der Waals surface area contributed by atoms with Gasteiger partial charge in [-0.2, -0.15) is 0 Å². The summed E-state index contributed by atoms with van der Waals surface area (Å²) in [6, 6.07) is 2.36. The van der Waals surface area contributed by atoms with E-state index in [2.05, 4.69) is 5.32 Å². The number of carbonyl (C=O) groups excluding carboxylic acids is 2. The van der Waals surface area contributed by atoms with Crippen molar-refractivity contribution in [2.45, 2.75) is 18.9 Å². The summed E-state index contributed by atoms with van der Waals surface area (Å²) in [7, 11) is 0. The first-order chi connectivity index (χ1) is 11.1. The van der Waals surface area contributed by atoms with Gasteiger partial charge in [-0.1, -0.05) is 11.3 Å². The van der Waals surface area contributed by atoms with Crippen LogP contribution in [0.2, 0.25) is 0 Å². The Morgan fingerprint density at radius 2 is 1.96 bits per heavy atom. The number of nitrogens with one attached hydrogen (secondary N) is 1. The van der Waals surface area contributed by atoms with Crippen molar-refractivity contribution in [2.24, 2.45) is 0 Å². The topological polar surface area (TPSA) is 95.8 Å². The lowest BCUT2D eigenvalue weighted by Gasteiger charge is -2.32. The van der Waals surface area contributed by atoms with Crippen LogP contribution in [0.15, 0.2) is 12.1 Å². The van der Waals surface area contributed by atoms with Gasteiger partial charge in [0.2, 0.25) is 5.91 Å². The van der Waals surface area contributed by atoms with Gasteiger partial charge in [0.1, 0.15) is 6.04 Å². The lowest BCUT2D eigenvalue weighted by molar-refractivity contribution is -0.380. The zero-order chi connectivity index (χ0) is 16.4. The van der Waals surface area contributed by atoms with E-state index in [1.165, 1.54) is 12.1 Å². The number of halogens is 1. The maximum absolute atomic E-state index is 12.7. The summed E-state index contributed by atoms with van der Waals surface area (Å²) in [4.78, 5) is 39.2. The number of hydrogen-bond acceptors (Lipinski definition) is 6. The van der Waals surface area contributed by atoms with Crippen LogP contribution in [0.4, 0.5) is 5.00 Å². The fourth-order valence-electron chi connectivity index (χ4n) is 3.04. The lowest BCUT2D eigenvalue weighted by Crippen LogP contribution is -2.53. The molecule has 2 aliphatic rings. The SMILES string of the molecule is Cl.O=C(C1CCCN1C(=O)c1ccc([N+](=O)[O-])s1)N1CCNCC1. The molecule has 0 aliphatic carbocycles. The molecule has 0 aromatic carbocycles. The average Bonchev–Trinajstić information content (AvgIpc) is 3.23. The van der Waals surface area contributed by atoms with Crippen LogP contribution in [0.25, 0.3) is 0 Å². The first-order valence-electron chi connectivity index (χ1n) is 7.62. The molecule has 1 N–H and O–H groups in total. The minimum atomic E-state index is -0.505. The van der Waals surface area contributed by atoms with Gasteiger partial charge in [0, 0.05) is 38.8 Å². The van der Waals surface area contributed by atoms with Gasteiger partial charge in [-0.15, -0.1) is 12.4 Å². The third-order valence-electron chi connectivity index (χ3n) is 4.21. The van der Waals surface area contributed by atoms with E-state index in [0.29, 0.717) is 30.9 Å². The Bertz CT molecular complexity index is 632. The van der Waals surface area contributed by atoms with Crippen LogP contribution in [0, 0.1) is 10.1 Å². The number of thiophene rings is 1. The molecule has 1 aromatic heterocycles. The van der Waals surface area contributed by atoms with Crippen LogP contribution >= 0.6 is 23.7 Å². The minimum absolute atomic E-state index is 0. The predicted molar refractivity (Wildman–Crippen MR) is 91.7 cm³/mol. The molecule has 1 unspecified atom stereocenters. The maximum atomic E-state index is 12.7. The molecule has 2 amide bonds. The Hall–Kier alpha value is -1.71. The van der Waals surface area contributed by atoms with E-state index in [9.17, 15) is 19.7 Å². The molecule has 132 valence electrons. The molecule has 3 rings (SSSR count). The fraction of sp³-hybridized carbons (Fsp3) is 0.571. The second kappa shape index (κ2) is 7.91. The molecule has 1 aromatic rings. The van der Waals surface area contributed by atoms with Crippen molar-refractivity contribution in [3.8, 4) is 0 Å². The Morgan fingerprint density at radius 3 is 2.58 bits per heavy atom. The van der Waals surface area contributed by atoms with Gasteiger partial charge in [-0.25, -0.2) is 0 Å². The van der Waals surface area contributed by atoms with E-state index in [-0.39, 0.29) is 29.2 Å². The third kappa shape index (κ3) is 3.68. The van der Waals surface area contributed by atoms with E-state index >= 15 is 0 Å². The van der Waals surface area contributed by atoms with Crippen molar-refractivity contribution in [1.29, 1.82) is 0 Å². The van der Waals surface area contributed by atoms with Gasteiger partial charge in [0.05, 0.1) is 9.80 Å². The molecule has 3 heterocycles. The number of amides is 2. The second-order valence-corrected chi connectivity index (χ2v) is 6.69. The lowest BCUT2D eigenvalue weighted by atomic mass is 10.1. The van der Waals surface area contributed by atoms with Crippen molar-refractivity contribution in [2.75, 3.05) is 32.7 Å². The second-order valence-electron chi connectivity index (χ2n) is 5.63. The molecule has 2 aliphatic heterocycles. The minimum Gasteiger partial charge on any atom is -0.338 e. The predicted octanol–water partition coefficient (Wildman–Crippen LogP) is 1.11.